The molecule has 0 radical (unpaired) electrons. The Kier molecular flexibility index (Phi) is 3.14. The molecule has 1 saturated carbocycles. The van der Waals surface area contributed by atoms with Crippen molar-refractivity contribution in [2.45, 2.75) is 38.2 Å². The smallest absolute Gasteiger partial charge is 0.125 e. The van der Waals surface area contributed by atoms with Crippen molar-refractivity contribution in [3.63, 3.8) is 0 Å². The van der Waals surface area contributed by atoms with Crippen LogP contribution in [0.25, 0.3) is 0 Å². The van der Waals surface area contributed by atoms with Gasteiger partial charge in [-0.05, 0) is 50.5 Å². The van der Waals surface area contributed by atoms with E-state index in [4.69, 9.17) is 9.72 Å². The summed E-state index contributed by atoms with van der Waals surface area (Å²) < 4.78 is 5.92. The minimum absolute atomic E-state index is 0.106. The second-order valence-electron chi connectivity index (χ2n) is 8.09. The van der Waals surface area contributed by atoms with E-state index in [2.05, 4.69) is 22.0 Å². The number of hydrogen-bond acceptors (Lipinski definition) is 4. The molecule has 2 fully saturated rings. The van der Waals surface area contributed by atoms with Crippen molar-refractivity contribution in [3.8, 4) is 0 Å². The van der Waals surface area contributed by atoms with Gasteiger partial charge in [-0.3, -0.25) is 0 Å². The molecule has 0 aromatic carbocycles. The van der Waals surface area contributed by atoms with E-state index in [1.165, 1.54) is 43.6 Å². The van der Waals surface area contributed by atoms with E-state index in [1.54, 1.807) is 0 Å². The van der Waals surface area contributed by atoms with Crippen molar-refractivity contribution in [2.75, 3.05) is 26.2 Å². The number of nitrogens with zero attached hydrogens (tertiary/aromatic N) is 3. The fourth-order valence-corrected chi connectivity index (χ4v) is 5.35. The third-order valence-corrected chi connectivity index (χ3v) is 6.47. The van der Waals surface area contributed by atoms with Crippen molar-refractivity contribution >= 4 is 0 Å². The molecule has 2 bridgehead atoms. The largest absolute Gasteiger partial charge is 0.376 e. The summed E-state index contributed by atoms with van der Waals surface area (Å²) in [5.41, 5.74) is 2.58. The highest BCUT2D eigenvalue weighted by molar-refractivity contribution is 5.30. The van der Waals surface area contributed by atoms with Gasteiger partial charge in [-0.25, -0.2) is 9.97 Å². The van der Waals surface area contributed by atoms with Crippen LogP contribution >= 0.6 is 0 Å². The van der Waals surface area contributed by atoms with Crippen LogP contribution in [-0.4, -0.2) is 41.1 Å². The predicted octanol–water partition coefficient (Wildman–Crippen LogP) is 2.47. The quantitative estimate of drug-likeness (QED) is 0.787. The monoisotopic (exact) mass is 311 g/mol. The molecule has 5 rings (SSSR count). The van der Waals surface area contributed by atoms with Crippen molar-refractivity contribution < 1.29 is 4.74 Å². The first kappa shape index (κ1) is 14.1. The van der Waals surface area contributed by atoms with Crippen LogP contribution in [0.15, 0.2) is 18.3 Å². The molecule has 122 valence electrons. The van der Waals surface area contributed by atoms with Crippen LogP contribution in [0.2, 0.25) is 0 Å². The lowest BCUT2D eigenvalue weighted by Gasteiger charge is -2.35. The summed E-state index contributed by atoms with van der Waals surface area (Å²) in [6.45, 7) is 7.04. The molecule has 4 aliphatic rings. The number of likely N-dealkylation sites (tertiary alicyclic amines) is 1. The van der Waals surface area contributed by atoms with Crippen LogP contribution < -0.4 is 0 Å². The number of aromatic nitrogens is 2. The Morgan fingerprint density at radius 2 is 2.30 bits per heavy atom. The summed E-state index contributed by atoms with van der Waals surface area (Å²) in [7, 11) is 0. The maximum absolute atomic E-state index is 5.92. The Morgan fingerprint density at radius 1 is 1.35 bits per heavy atom. The second-order valence-corrected chi connectivity index (χ2v) is 8.09. The van der Waals surface area contributed by atoms with Gasteiger partial charge in [0.05, 0.1) is 24.3 Å². The van der Waals surface area contributed by atoms with Crippen LogP contribution in [0.3, 0.4) is 0 Å². The molecule has 4 atom stereocenters. The zero-order valence-electron chi connectivity index (χ0n) is 13.9. The fourth-order valence-electron chi connectivity index (χ4n) is 5.35. The van der Waals surface area contributed by atoms with Crippen molar-refractivity contribution in [1.82, 2.24) is 14.9 Å². The lowest BCUT2D eigenvalue weighted by molar-refractivity contribution is 0.0495. The van der Waals surface area contributed by atoms with Crippen LogP contribution in [-0.2, 0) is 16.8 Å². The maximum atomic E-state index is 5.92. The number of ether oxygens (including phenoxy) is 1. The molecule has 0 amide bonds. The first-order valence-electron chi connectivity index (χ1n) is 9.03. The molecule has 0 N–H and O–H groups in total. The highest BCUT2D eigenvalue weighted by atomic mass is 16.5. The lowest BCUT2D eigenvalue weighted by atomic mass is 9.80. The SMILES string of the molecule is Cc1ncc2c(n1)[C@@]1(CCN(C[C@H]3C[C@@H]4C=C[C@H]3C4)C1)COC2. The molecule has 1 aromatic rings. The normalized spacial score (nSPS) is 38.6. The van der Waals surface area contributed by atoms with Crippen LogP contribution in [0.4, 0.5) is 0 Å². The molecule has 2 aliphatic heterocycles. The van der Waals surface area contributed by atoms with E-state index in [0.717, 1.165) is 36.7 Å². The molecule has 2 aliphatic carbocycles. The Balaban J connectivity index is 1.36. The van der Waals surface area contributed by atoms with Crippen LogP contribution in [0.5, 0.6) is 0 Å². The highest BCUT2D eigenvalue weighted by Crippen LogP contribution is 2.45. The summed E-state index contributed by atoms with van der Waals surface area (Å²) in [4.78, 5) is 11.9. The van der Waals surface area contributed by atoms with Gasteiger partial charge < -0.3 is 9.64 Å². The zero-order valence-corrected chi connectivity index (χ0v) is 13.9. The predicted molar refractivity (Wildman–Crippen MR) is 88.0 cm³/mol. The summed E-state index contributed by atoms with van der Waals surface area (Å²) in [5.74, 6) is 3.48. The topological polar surface area (TPSA) is 38.2 Å². The Labute approximate surface area is 138 Å². The minimum atomic E-state index is 0.106. The molecular weight excluding hydrogens is 286 g/mol. The number of rotatable bonds is 2. The van der Waals surface area contributed by atoms with Crippen molar-refractivity contribution in [2.24, 2.45) is 17.8 Å². The van der Waals surface area contributed by atoms with Crippen LogP contribution in [0.1, 0.15) is 36.3 Å². The third-order valence-electron chi connectivity index (χ3n) is 6.47. The Morgan fingerprint density at radius 3 is 3.13 bits per heavy atom. The van der Waals surface area contributed by atoms with Gasteiger partial charge in [0.15, 0.2) is 0 Å². The van der Waals surface area contributed by atoms with Crippen molar-refractivity contribution in [1.29, 1.82) is 0 Å². The fraction of sp³-hybridized carbons (Fsp3) is 0.684. The lowest BCUT2D eigenvalue weighted by Crippen LogP contribution is -2.41. The van der Waals surface area contributed by atoms with E-state index in [-0.39, 0.29) is 5.41 Å². The van der Waals surface area contributed by atoms with E-state index in [0.29, 0.717) is 6.61 Å². The third kappa shape index (κ3) is 2.26. The molecule has 1 aromatic heterocycles. The van der Waals surface area contributed by atoms with Gasteiger partial charge in [-0.1, -0.05) is 12.2 Å². The van der Waals surface area contributed by atoms with E-state index in [1.807, 2.05) is 13.1 Å². The van der Waals surface area contributed by atoms with Gasteiger partial charge >= 0.3 is 0 Å². The standard InChI is InChI=1S/C19H25N3O/c1-13-20-8-17-10-23-12-19(18(17)21-13)4-5-22(11-19)9-16-7-14-2-3-15(16)6-14/h2-3,8,14-16H,4-7,9-12H2,1H3/t14-,15+,16-,19-/m1/s1. The highest BCUT2D eigenvalue weighted by Gasteiger charge is 2.46. The average molecular weight is 311 g/mol. The zero-order chi connectivity index (χ0) is 15.4. The summed E-state index contributed by atoms with van der Waals surface area (Å²) in [6.07, 6.45) is 10.9. The van der Waals surface area contributed by atoms with Gasteiger partial charge in [-0.15, -0.1) is 0 Å². The number of hydrogen-bond donors (Lipinski definition) is 0. The van der Waals surface area contributed by atoms with Gasteiger partial charge in [0.2, 0.25) is 0 Å². The number of aryl methyl sites for hydroxylation is 1. The molecular formula is C19H25N3O. The molecule has 23 heavy (non-hydrogen) atoms. The second kappa shape index (κ2) is 5.12. The van der Waals surface area contributed by atoms with E-state index < -0.39 is 0 Å². The minimum Gasteiger partial charge on any atom is -0.376 e. The van der Waals surface area contributed by atoms with E-state index >= 15 is 0 Å². The van der Waals surface area contributed by atoms with E-state index in [9.17, 15) is 0 Å². The van der Waals surface area contributed by atoms with Gasteiger partial charge in [0, 0.05) is 24.8 Å². The number of allylic oxidation sites excluding steroid dienone is 2. The van der Waals surface area contributed by atoms with Crippen LogP contribution in [0, 0.1) is 24.7 Å². The van der Waals surface area contributed by atoms with Gasteiger partial charge in [0.1, 0.15) is 5.82 Å². The van der Waals surface area contributed by atoms with Gasteiger partial charge in [0.25, 0.3) is 0 Å². The first-order valence-corrected chi connectivity index (χ1v) is 9.03. The summed E-state index contributed by atoms with van der Waals surface area (Å²) in [6, 6.07) is 0. The van der Waals surface area contributed by atoms with Gasteiger partial charge in [-0.2, -0.15) is 0 Å². The summed E-state index contributed by atoms with van der Waals surface area (Å²) >= 11 is 0. The first-order chi connectivity index (χ1) is 11.2. The molecule has 4 nitrogen and oxygen atoms in total. The molecule has 4 heteroatoms. The Bertz CT molecular complexity index is 658. The van der Waals surface area contributed by atoms with Crippen molar-refractivity contribution in [3.05, 3.63) is 35.4 Å². The number of fused-ring (bicyclic) bond motifs is 4. The molecule has 1 spiro atoms. The average Bonchev–Trinajstić information content (AvgIpc) is 3.25. The Hall–Kier alpha value is -1.26. The molecule has 1 saturated heterocycles. The summed E-state index contributed by atoms with van der Waals surface area (Å²) in [5, 5.41) is 0. The maximum Gasteiger partial charge on any atom is 0.125 e. The molecule has 0 unspecified atom stereocenters. The molecule has 3 heterocycles.